The van der Waals surface area contributed by atoms with Crippen molar-refractivity contribution in [2.24, 2.45) is 0 Å². The van der Waals surface area contributed by atoms with Crippen LogP contribution in [0, 0.1) is 6.92 Å². The Morgan fingerprint density at radius 1 is 1.32 bits per heavy atom. The third-order valence-electron chi connectivity index (χ3n) is 4.00. The third-order valence-corrected chi connectivity index (χ3v) is 4.00. The number of nitrogens with zero attached hydrogens (tertiary/aromatic N) is 3. The van der Waals surface area contributed by atoms with Crippen molar-refractivity contribution in [2.75, 3.05) is 23.8 Å². The fourth-order valence-corrected chi connectivity index (χ4v) is 2.95. The molecule has 0 radical (unpaired) electrons. The standard InChI is InChI=1S/C15H26N4/c1-5-8-13-17-14(16-4)11(3)15(18-13)19-10-7-9-12(19)6-2/h12H,5-10H2,1-4H3,(H,16,17,18). The van der Waals surface area contributed by atoms with Crippen LogP contribution in [0.15, 0.2) is 0 Å². The fraction of sp³-hybridized carbons (Fsp3) is 0.733. The summed E-state index contributed by atoms with van der Waals surface area (Å²) in [4.78, 5) is 11.9. The number of nitrogens with one attached hydrogen (secondary N) is 1. The zero-order valence-electron chi connectivity index (χ0n) is 12.7. The van der Waals surface area contributed by atoms with Gasteiger partial charge in [-0.25, -0.2) is 9.97 Å². The molecule has 1 atom stereocenters. The molecule has 1 unspecified atom stereocenters. The van der Waals surface area contributed by atoms with Crippen LogP contribution in [0.5, 0.6) is 0 Å². The van der Waals surface area contributed by atoms with Gasteiger partial charge in [-0.1, -0.05) is 13.8 Å². The smallest absolute Gasteiger partial charge is 0.137 e. The summed E-state index contributed by atoms with van der Waals surface area (Å²) in [6.07, 6.45) is 5.80. The van der Waals surface area contributed by atoms with Crippen molar-refractivity contribution in [3.63, 3.8) is 0 Å². The first kappa shape index (κ1) is 14.1. The second kappa shape index (κ2) is 6.22. The molecule has 4 nitrogen and oxygen atoms in total. The molecule has 1 N–H and O–H groups in total. The van der Waals surface area contributed by atoms with E-state index in [1.54, 1.807) is 0 Å². The highest BCUT2D eigenvalue weighted by molar-refractivity contribution is 5.59. The Balaban J connectivity index is 2.39. The van der Waals surface area contributed by atoms with Gasteiger partial charge in [0.1, 0.15) is 17.5 Å². The Bertz CT molecular complexity index is 430. The minimum absolute atomic E-state index is 0.646. The lowest BCUT2D eigenvalue weighted by molar-refractivity contribution is 0.636. The van der Waals surface area contributed by atoms with Crippen LogP contribution in [0.25, 0.3) is 0 Å². The molecule has 0 aliphatic carbocycles. The van der Waals surface area contributed by atoms with Crippen LogP contribution >= 0.6 is 0 Å². The number of aromatic nitrogens is 2. The molecule has 4 heteroatoms. The summed E-state index contributed by atoms with van der Waals surface area (Å²) in [6.45, 7) is 7.70. The largest absolute Gasteiger partial charge is 0.373 e. The summed E-state index contributed by atoms with van der Waals surface area (Å²) in [5.41, 5.74) is 1.18. The summed E-state index contributed by atoms with van der Waals surface area (Å²) in [6, 6.07) is 0.646. The maximum Gasteiger partial charge on any atom is 0.137 e. The Hall–Kier alpha value is -1.32. The van der Waals surface area contributed by atoms with Crippen LogP contribution in [0.1, 0.15) is 50.9 Å². The van der Waals surface area contributed by atoms with Gasteiger partial charge in [-0.15, -0.1) is 0 Å². The highest BCUT2D eigenvalue weighted by Crippen LogP contribution is 2.31. The van der Waals surface area contributed by atoms with Crippen molar-refractivity contribution in [1.82, 2.24) is 9.97 Å². The maximum absolute atomic E-state index is 4.83. The molecule has 1 aliphatic rings. The highest BCUT2D eigenvalue weighted by Gasteiger charge is 2.26. The van der Waals surface area contributed by atoms with Gasteiger partial charge < -0.3 is 10.2 Å². The molecule has 1 fully saturated rings. The lowest BCUT2D eigenvalue weighted by Gasteiger charge is -2.27. The minimum atomic E-state index is 0.646. The topological polar surface area (TPSA) is 41.1 Å². The van der Waals surface area contributed by atoms with E-state index in [-0.39, 0.29) is 0 Å². The van der Waals surface area contributed by atoms with Crippen molar-refractivity contribution < 1.29 is 0 Å². The van der Waals surface area contributed by atoms with E-state index in [0.717, 1.165) is 36.8 Å². The van der Waals surface area contributed by atoms with Crippen LogP contribution in [0.3, 0.4) is 0 Å². The molecule has 0 aromatic carbocycles. The van der Waals surface area contributed by atoms with Crippen molar-refractivity contribution in [3.8, 4) is 0 Å². The molecule has 2 heterocycles. The van der Waals surface area contributed by atoms with Crippen LogP contribution in [-0.2, 0) is 6.42 Å². The Morgan fingerprint density at radius 2 is 2.11 bits per heavy atom. The first-order valence-corrected chi connectivity index (χ1v) is 7.53. The average Bonchev–Trinajstić information content (AvgIpc) is 2.89. The van der Waals surface area contributed by atoms with Gasteiger partial charge >= 0.3 is 0 Å². The van der Waals surface area contributed by atoms with E-state index in [4.69, 9.17) is 4.98 Å². The van der Waals surface area contributed by atoms with Gasteiger partial charge in [0.25, 0.3) is 0 Å². The minimum Gasteiger partial charge on any atom is -0.373 e. The van der Waals surface area contributed by atoms with Crippen LogP contribution in [0.4, 0.5) is 11.6 Å². The van der Waals surface area contributed by atoms with Crippen molar-refractivity contribution in [2.45, 2.75) is 58.9 Å². The van der Waals surface area contributed by atoms with E-state index in [1.165, 1.54) is 24.8 Å². The normalized spacial score (nSPS) is 18.9. The maximum atomic E-state index is 4.83. The average molecular weight is 262 g/mol. The third kappa shape index (κ3) is 2.82. The van der Waals surface area contributed by atoms with E-state index >= 15 is 0 Å². The molecule has 1 aliphatic heterocycles. The first-order valence-electron chi connectivity index (χ1n) is 7.53. The lowest BCUT2D eigenvalue weighted by atomic mass is 10.1. The van der Waals surface area contributed by atoms with Gasteiger partial charge in [0.2, 0.25) is 0 Å². The molecule has 1 saturated heterocycles. The molecule has 1 aromatic heterocycles. The zero-order chi connectivity index (χ0) is 13.8. The van der Waals surface area contributed by atoms with Crippen molar-refractivity contribution in [1.29, 1.82) is 0 Å². The fourth-order valence-electron chi connectivity index (χ4n) is 2.95. The molecular formula is C15H26N4. The Morgan fingerprint density at radius 3 is 2.74 bits per heavy atom. The summed E-state index contributed by atoms with van der Waals surface area (Å²) in [7, 11) is 1.94. The van der Waals surface area contributed by atoms with Gasteiger partial charge in [0.15, 0.2) is 0 Å². The second-order valence-electron chi connectivity index (χ2n) is 5.33. The van der Waals surface area contributed by atoms with Gasteiger partial charge in [0, 0.05) is 31.6 Å². The summed E-state index contributed by atoms with van der Waals surface area (Å²) >= 11 is 0. The summed E-state index contributed by atoms with van der Waals surface area (Å²) in [5.74, 6) is 3.09. The van der Waals surface area contributed by atoms with Crippen molar-refractivity contribution >= 4 is 11.6 Å². The molecule has 2 rings (SSSR count). The molecular weight excluding hydrogens is 236 g/mol. The van der Waals surface area contributed by atoms with Gasteiger partial charge in [-0.2, -0.15) is 0 Å². The van der Waals surface area contributed by atoms with Gasteiger partial charge in [-0.05, 0) is 32.6 Å². The van der Waals surface area contributed by atoms with Crippen molar-refractivity contribution in [3.05, 3.63) is 11.4 Å². The van der Waals surface area contributed by atoms with Crippen LogP contribution in [-0.4, -0.2) is 29.6 Å². The van der Waals surface area contributed by atoms with E-state index in [0.29, 0.717) is 6.04 Å². The molecule has 1 aromatic rings. The highest BCUT2D eigenvalue weighted by atomic mass is 15.2. The summed E-state index contributed by atoms with van der Waals surface area (Å²) in [5, 5.41) is 3.21. The van der Waals surface area contributed by atoms with Crippen LogP contribution in [0.2, 0.25) is 0 Å². The molecule has 0 bridgehead atoms. The predicted molar refractivity (Wildman–Crippen MR) is 81.0 cm³/mol. The molecule has 19 heavy (non-hydrogen) atoms. The Kier molecular flexibility index (Phi) is 4.61. The quantitative estimate of drug-likeness (QED) is 0.885. The lowest BCUT2D eigenvalue weighted by Crippen LogP contribution is -2.30. The first-order chi connectivity index (χ1) is 9.21. The predicted octanol–water partition coefficient (Wildman–Crippen LogP) is 3.16. The second-order valence-corrected chi connectivity index (χ2v) is 5.33. The SMILES string of the molecule is CCCc1nc(NC)c(C)c(N2CCCC2CC)n1. The van der Waals surface area contributed by atoms with Crippen LogP contribution < -0.4 is 10.2 Å². The van der Waals surface area contributed by atoms with E-state index in [1.807, 2.05) is 7.05 Å². The van der Waals surface area contributed by atoms with E-state index in [2.05, 4.69) is 36.0 Å². The number of hydrogen-bond acceptors (Lipinski definition) is 4. The number of rotatable bonds is 5. The van der Waals surface area contributed by atoms with Gasteiger partial charge in [-0.3, -0.25) is 0 Å². The zero-order valence-corrected chi connectivity index (χ0v) is 12.7. The number of hydrogen-bond donors (Lipinski definition) is 1. The number of aryl methyl sites for hydroxylation is 1. The molecule has 0 saturated carbocycles. The van der Waals surface area contributed by atoms with E-state index < -0.39 is 0 Å². The molecule has 0 amide bonds. The van der Waals surface area contributed by atoms with Gasteiger partial charge in [0.05, 0.1) is 0 Å². The summed E-state index contributed by atoms with van der Waals surface area (Å²) < 4.78 is 0. The molecule has 106 valence electrons. The Labute approximate surface area is 116 Å². The molecule has 0 spiro atoms. The number of anilines is 2. The van der Waals surface area contributed by atoms with E-state index in [9.17, 15) is 0 Å². The monoisotopic (exact) mass is 262 g/mol.